The van der Waals surface area contributed by atoms with Crippen LogP contribution in [0.15, 0.2) is 18.3 Å². The zero-order valence-corrected chi connectivity index (χ0v) is 8.16. The summed E-state index contributed by atoms with van der Waals surface area (Å²) in [6.45, 7) is 2.06. The molecule has 1 aliphatic rings. The summed E-state index contributed by atoms with van der Waals surface area (Å²) in [5, 5.41) is 10.4. The second-order valence-corrected chi connectivity index (χ2v) is 3.98. The third kappa shape index (κ3) is 1.73. The van der Waals surface area contributed by atoms with Gasteiger partial charge in [0.1, 0.15) is 0 Å². The van der Waals surface area contributed by atoms with Crippen molar-refractivity contribution in [2.24, 2.45) is 0 Å². The molecular weight excluding hydrogens is 178 g/mol. The number of rotatable bonds is 2. The molecule has 1 aromatic heterocycles. The van der Waals surface area contributed by atoms with Crippen LogP contribution in [0, 0.1) is 0 Å². The van der Waals surface area contributed by atoms with Crippen molar-refractivity contribution in [1.82, 2.24) is 15.5 Å². The Morgan fingerprint density at radius 2 is 2.36 bits per heavy atom. The van der Waals surface area contributed by atoms with Crippen LogP contribution in [0.3, 0.4) is 0 Å². The molecule has 1 saturated carbocycles. The van der Waals surface area contributed by atoms with Crippen LogP contribution in [-0.2, 0) is 0 Å². The first-order valence-electron chi connectivity index (χ1n) is 4.80. The summed E-state index contributed by atoms with van der Waals surface area (Å²) in [6.07, 6.45) is 4.86. The first-order valence-corrected chi connectivity index (χ1v) is 4.80. The number of aromatic nitrogens is 2. The van der Waals surface area contributed by atoms with Crippen LogP contribution in [0.1, 0.15) is 36.7 Å². The summed E-state index contributed by atoms with van der Waals surface area (Å²) < 4.78 is 0. The summed E-state index contributed by atoms with van der Waals surface area (Å²) in [4.78, 5) is 11.6. The Morgan fingerprint density at radius 3 is 2.86 bits per heavy atom. The van der Waals surface area contributed by atoms with E-state index >= 15 is 0 Å². The van der Waals surface area contributed by atoms with E-state index in [4.69, 9.17) is 0 Å². The van der Waals surface area contributed by atoms with E-state index in [1.807, 2.05) is 0 Å². The Balaban J connectivity index is 2.03. The van der Waals surface area contributed by atoms with Gasteiger partial charge in [-0.15, -0.1) is 5.10 Å². The molecule has 1 aromatic rings. The maximum absolute atomic E-state index is 11.6. The highest BCUT2D eigenvalue weighted by molar-refractivity contribution is 5.92. The predicted octanol–water partition coefficient (Wildman–Crippen LogP) is 1.15. The van der Waals surface area contributed by atoms with E-state index in [1.165, 1.54) is 6.42 Å². The standard InChI is InChI=1S/C10H13N3O/c1-10(5-3-6-10)12-9(14)8-4-2-7-11-13-8/h2,4,7H,3,5-6H2,1H3,(H,12,14). The third-order valence-electron chi connectivity index (χ3n) is 2.68. The number of hydrogen-bond donors (Lipinski definition) is 1. The van der Waals surface area contributed by atoms with Crippen molar-refractivity contribution in [3.63, 3.8) is 0 Å². The number of carbonyl (C=O) groups is 1. The van der Waals surface area contributed by atoms with Crippen molar-refractivity contribution in [1.29, 1.82) is 0 Å². The molecule has 14 heavy (non-hydrogen) atoms. The molecule has 0 spiro atoms. The van der Waals surface area contributed by atoms with E-state index in [2.05, 4.69) is 22.4 Å². The highest BCUT2D eigenvalue weighted by atomic mass is 16.2. The molecule has 1 amide bonds. The van der Waals surface area contributed by atoms with Crippen LogP contribution >= 0.6 is 0 Å². The maximum atomic E-state index is 11.6. The van der Waals surface area contributed by atoms with Crippen molar-refractivity contribution < 1.29 is 4.79 Å². The van der Waals surface area contributed by atoms with Gasteiger partial charge in [-0.2, -0.15) is 5.10 Å². The van der Waals surface area contributed by atoms with E-state index in [9.17, 15) is 4.79 Å². The van der Waals surface area contributed by atoms with E-state index in [1.54, 1.807) is 18.3 Å². The zero-order chi connectivity index (χ0) is 10.0. The van der Waals surface area contributed by atoms with Crippen LogP contribution < -0.4 is 5.32 Å². The van der Waals surface area contributed by atoms with Gasteiger partial charge in [0.05, 0.1) is 0 Å². The largest absolute Gasteiger partial charge is 0.345 e. The average Bonchev–Trinajstić information content (AvgIpc) is 2.17. The minimum Gasteiger partial charge on any atom is -0.345 e. The molecule has 0 unspecified atom stereocenters. The van der Waals surface area contributed by atoms with Gasteiger partial charge in [0.15, 0.2) is 5.69 Å². The highest BCUT2D eigenvalue weighted by Crippen LogP contribution is 2.30. The molecule has 0 bridgehead atoms. The Bertz CT molecular complexity index is 332. The van der Waals surface area contributed by atoms with Gasteiger partial charge in [-0.3, -0.25) is 4.79 Å². The van der Waals surface area contributed by atoms with Crippen LogP contribution in [0.4, 0.5) is 0 Å². The average molecular weight is 191 g/mol. The second-order valence-electron chi connectivity index (χ2n) is 3.98. The van der Waals surface area contributed by atoms with Gasteiger partial charge in [-0.25, -0.2) is 0 Å². The molecule has 0 aromatic carbocycles. The molecule has 1 aliphatic carbocycles. The van der Waals surface area contributed by atoms with E-state index < -0.39 is 0 Å². The quantitative estimate of drug-likeness (QED) is 0.762. The zero-order valence-electron chi connectivity index (χ0n) is 8.16. The van der Waals surface area contributed by atoms with E-state index in [0.29, 0.717) is 5.69 Å². The van der Waals surface area contributed by atoms with Crippen molar-refractivity contribution in [2.45, 2.75) is 31.7 Å². The van der Waals surface area contributed by atoms with Crippen LogP contribution in [0.25, 0.3) is 0 Å². The summed E-state index contributed by atoms with van der Waals surface area (Å²) in [5.74, 6) is -0.125. The lowest BCUT2D eigenvalue weighted by Crippen LogP contribution is -2.51. The van der Waals surface area contributed by atoms with Crippen molar-refractivity contribution in [2.75, 3.05) is 0 Å². The first-order chi connectivity index (χ1) is 6.70. The number of nitrogens with zero attached hydrogens (tertiary/aromatic N) is 2. The molecule has 0 aliphatic heterocycles. The maximum Gasteiger partial charge on any atom is 0.272 e. The summed E-state index contributed by atoms with van der Waals surface area (Å²) in [7, 11) is 0. The van der Waals surface area contributed by atoms with Crippen molar-refractivity contribution >= 4 is 5.91 Å². The molecule has 1 fully saturated rings. The lowest BCUT2D eigenvalue weighted by Gasteiger charge is -2.38. The number of amides is 1. The van der Waals surface area contributed by atoms with Crippen molar-refractivity contribution in [3.05, 3.63) is 24.0 Å². The molecule has 0 atom stereocenters. The summed E-state index contributed by atoms with van der Waals surface area (Å²) >= 11 is 0. The highest BCUT2D eigenvalue weighted by Gasteiger charge is 2.33. The molecule has 2 rings (SSSR count). The van der Waals surface area contributed by atoms with Gasteiger partial charge >= 0.3 is 0 Å². The normalized spacial score (nSPS) is 18.4. The Morgan fingerprint density at radius 1 is 1.57 bits per heavy atom. The summed E-state index contributed by atoms with van der Waals surface area (Å²) in [6, 6.07) is 3.38. The van der Waals surface area contributed by atoms with Crippen LogP contribution in [0.5, 0.6) is 0 Å². The van der Waals surface area contributed by atoms with Crippen LogP contribution in [-0.4, -0.2) is 21.6 Å². The smallest absolute Gasteiger partial charge is 0.272 e. The fourth-order valence-electron chi connectivity index (χ4n) is 1.59. The fourth-order valence-corrected chi connectivity index (χ4v) is 1.59. The minimum absolute atomic E-state index is 0.0192. The summed E-state index contributed by atoms with van der Waals surface area (Å²) in [5.41, 5.74) is 0.370. The Hall–Kier alpha value is -1.45. The molecule has 4 nitrogen and oxygen atoms in total. The minimum atomic E-state index is -0.125. The first kappa shape index (κ1) is 9.12. The molecular formula is C10H13N3O. The van der Waals surface area contributed by atoms with Gasteiger partial charge < -0.3 is 5.32 Å². The topological polar surface area (TPSA) is 54.9 Å². The Labute approximate surface area is 82.7 Å². The van der Waals surface area contributed by atoms with E-state index in [0.717, 1.165) is 12.8 Å². The number of carbonyl (C=O) groups excluding carboxylic acids is 1. The van der Waals surface area contributed by atoms with Crippen LogP contribution in [0.2, 0.25) is 0 Å². The Kier molecular flexibility index (Phi) is 2.19. The van der Waals surface area contributed by atoms with Crippen molar-refractivity contribution in [3.8, 4) is 0 Å². The SMILES string of the molecule is CC1(NC(=O)c2cccnn2)CCC1. The van der Waals surface area contributed by atoms with Gasteiger partial charge in [-0.1, -0.05) is 0 Å². The predicted molar refractivity (Wildman–Crippen MR) is 51.8 cm³/mol. The molecule has 1 N–H and O–H groups in total. The fraction of sp³-hybridized carbons (Fsp3) is 0.500. The molecule has 74 valence electrons. The van der Waals surface area contributed by atoms with Gasteiger partial charge in [0, 0.05) is 11.7 Å². The lowest BCUT2D eigenvalue weighted by molar-refractivity contribution is 0.0844. The second kappa shape index (κ2) is 3.36. The number of nitrogens with one attached hydrogen (secondary N) is 1. The third-order valence-corrected chi connectivity index (χ3v) is 2.68. The lowest BCUT2D eigenvalue weighted by atomic mass is 9.78. The molecule has 1 heterocycles. The van der Waals surface area contributed by atoms with Gasteiger partial charge in [0.25, 0.3) is 5.91 Å². The van der Waals surface area contributed by atoms with Gasteiger partial charge in [-0.05, 0) is 38.3 Å². The molecule has 0 saturated heterocycles. The van der Waals surface area contributed by atoms with E-state index in [-0.39, 0.29) is 11.4 Å². The molecule has 4 heteroatoms. The van der Waals surface area contributed by atoms with Gasteiger partial charge in [0.2, 0.25) is 0 Å². The monoisotopic (exact) mass is 191 g/mol. The number of hydrogen-bond acceptors (Lipinski definition) is 3. The molecule has 0 radical (unpaired) electrons.